The van der Waals surface area contributed by atoms with Crippen molar-refractivity contribution in [3.8, 4) is 5.75 Å². The number of nitrogens with one attached hydrogen (secondary N) is 1. The molecular formula is C17H19FN2O5. The van der Waals surface area contributed by atoms with Crippen molar-refractivity contribution in [1.82, 2.24) is 10.5 Å². The summed E-state index contributed by atoms with van der Waals surface area (Å²) < 4.78 is 23.3. The summed E-state index contributed by atoms with van der Waals surface area (Å²) in [4.78, 5) is 12.2. The first kappa shape index (κ1) is 17.4. The molecule has 134 valence electrons. The Balaban J connectivity index is 1.55. The number of hydrogen-bond donors (Lipinski definition) is 3. The zero-order valence-electron chi connectivity index (χ0n) is 13.4. The highest BCUT2D eigenvalue weighted by molar-refractivity contribution is 5.92. The van der Waals surface area contributed by atoms with Gasteiger partial charge in [-0.1, -0.05) is 5.16 Å². The van der Waals surface area contributed by atoms with E-state index >= 15 is 0 Å². The number of nitrogens with zero attached hydrogens (tertiary/aromatic N) is 1. The molecule has 2 aromatic rings. The third-order valence-corrected chi connectivity index (χ3v) is 4.12. The summed E-state index contributed by atoms with van der Waals surface area (Å²) >= 11 is 0. The van der Waals surface area contributed by atoms with E-state index in [1.807, 2.05) is 0 Å². The topological polar surface area (TPSA) is 105 Å². The second kappa shape index (κ2) is 7.62. The summed E-state index contributed by atoms with van der Waals surface area (Å²) in [6, 6.07) is 6.43. The molecule has 8 heteroatoms. The molecule has 3 rings (SSSR count). The van der Waals surface area contributed by atoms with Gasteiger partial charge in [-0.3, -0.25) is 4.79 Å². The van der Waals surface area contributed by atoms with E-state index in [0.717, 1.165) is 6.42 Å². The number of aromatic nitrogens is 1. The van der Waals surface area contributed by atoms with Crippen LogP contribution in [0.1, 0.15) is 35.5 Å². The molecule has 1 heterocycles. The predicted molar refractivity (Wildman–Crippen MR) is 84.4 cm³/mol. The van der Waals surface area contributed by atoms with Crippen molar-refractivity contribution in [3.05, 3.63) is 47.6 Å². The summed E-state index contributed by atoms with van der Waals surface area (Å²) in [7, 11) is 0. The SMILES string of the molecule is O=C(N[C@@H]1CCC[C@@H](O)[C@@H]1O)c1cc(COc2ccc(F)cc2)on1. The van der Waals surface area contributed by atoms with E-state index in [0.29, 0.717) is 24.4 Å². The monoisotopic (exact) mass is 350 g/mol. The van der Waals surface area contributed by atoms with Gasteiger partial charge in [0.25, 0.3) is 5.91 Å². The molecule has 0 spiro atoms. The Morgan fingerprint density at radius 1 is 1.32 bits per heavy atom. The second-order valence-electron chi connectivity index (χ2n) is 5.99. The van der Waals surface area contributed by atoms with Gasteiger partial charge in [0, 0.05) is 6.07 Å². The molecule has 3 atom stereocenters. The molecule has 7 nitrogen and oxygen atoms in total. The fraction of sp³-hybridized carbons (Fsp3) is 0.412. The Hall–Kier alpha value is -2.45. The van der Waals surface area contributed by atoms with Crippen molar-refractivity contribution in [2.45, 2.75) is 44.1 Å². The van der Waals surface area contributed by atoms with Gasteiger partial charge >= 0.3 is 0 Å². The van der Waals surface area contributed by atoms with Crippen LogP contribution in [0.25, 0.3) is 0 Å². The predicted octanol–water partition coefficient (Wildman–Crippen LogP) is 1.40. The van der Waals surface area contributed by atoms with Gasteiger partial charge in [-0.05, 0) is 43.5 Å². The summed E-state index contributed by atoms with van der Waals surface area (Å²) in [5.74, 6) is -0.0576. The number of aliphatic hydroxyl groups is 2. The molecule has 1 amide bonds. The van der Waals surface area contributed by atoms with Crippen LogP contribution in [0.15, 0.2) is 34.9 Å². The number of amides is 1. The maximum absolute atomic E-state index is 12.8. The normalized spacial score (nSPS) is 23.2. The molecule has 1 aliphatic rings. The van der Waals surface area contributed by atoms with Gasteiger partial charge in [0.15, 0.2) is 11.5 Å². The molecule has 0 unspecified atom stereocenters. The van der Waals surface area contributed by atoms with Crippen molar-refractivity contribution >= 4 is 5.91 Å². The van der Waals surface area contributed by atoms with E-state index in [4.69, 9.17) is 9.26 Å². The highest BCUT2D eigenvalue weighted by Crippen LogP contribution is 2.20. The van der Waals surface area contributed by atoms with E-state index in [2.05, 4.69) is 10.5 Å². The molecule has 25 heavy (non-hydrogen) atoms. The molecule has 1 aliphatic carbocycles. The molecule has 1 aromatic heterocycles. The number of carbonyl (C=O) groups excluding carboxylic acids is 1. The highest BCUT2D eigenvalue weighted by atomic mass is 19.1. The minimum Gasteiger partial charge on any atom is -0.486 e. The minimum atomic E-state index is -0.995. The fourth-order valence-electron chi connectivity index (χ4n) is 2.73. The number of rotatable bonds is 5. The number of aliphatic hydroxyl groups excluding tert-OH is 2. The highest BCUT2D eigenvalue weighted by Gasteiger charge is 2.32. The van der Waals surface area contributed by atoms with Crippen LogP contribution in [0.2, 0.25) is 0 Å². The van der Waals surface area contributed by atoms with Gasteiger partial charge in [0.2, 0.25) is 0 Å². The number of halogens is 1. The van der Waals surface area contributed by atoms with E-state index < -0.39 is 24.2 Å². The number of carbonyl (C=O) groups is 1. The third-order valence-electron chi connectivity index (χ3n) is 4.12. The van der Waals surface area contributed by atoms with Gasteiger partial charge in [0.05, 0.1) is 18.2 Å². The zero-order chi connectivity index (χ0) is 17.8. The summed E-state index contributed by atoms with van der Waals surface area (Å²) in [6.45, 7) is 0.0384. The second-order valence-corrected chi connectivity index (χ2v) is 5.99. The lowest BCUT2D eigenvalue weighted by Crippen LogP contribution is -2.51. The lowest BCUT2D eigenvalue weighted by atomic mass is 9.90. The van der Waals surface area contributed by atoms with E-state index in [1.165, 1.54) is 30.3 Å². The van der Waals surface area contributed by atoms with Gasteiger partial charge in [0.1, 0.15) is 18.2 Å². The van der Waals surface area contributed by atoms with Gasteiger partial charge in [-0.15, -0.1) is 0 Å². The zero-order valence-corrected chi connectivity index (χ0v) is 13.4. The maximum Gasteiger partial charge on any atom is 0.273 e. The Morgan fingerprint density at radius 2 is 2.08 bits per heavy atom. The van der Waals surface area contributed by atoms with Crippen LogP contribution in [0.3, 0.4) is 0 Å². The summed E-state index contributed by atoms with van der Waals surface area (Å²) in [5.41, 5.74) is 0.0602. The molecule has 0 aliphatic heterocycles. The third kappa shape index (κ3) is 4.34. The van der Waals surface area contributed by atoms with Crippen LogP contribution in [0.5, 0.6) is 5.75 Å². The molecule has 0 bridgehead atoms. The Bertz CT molecular complexity index is 718. The minimum absolute atomic E-state index is 0.0384. The van der Waals surface area contributed by atoms with Crippen molar-refractivity contribution in [1.29, 1.82) is 0 Å². The van der Waals surface area contributed by atoms with Gasteiger partial charge in [-0.2, -0.15) is 0 Å². The summed E-state index contributed by atoms with van der Waals surface area (Å²) in [5, 5.41) is 25.9. The average molecular weight is 350 g/mol. The number of hydrogen-bond acceptors (Lipinski definition) is 6. The van der Waals surface area contributed by atoms with E-state index in [9.17, 15) is 19.4 Å². The number of benzene rings is 1. The first-order chi connectivity index (χ1) is 12.0. The molecule has 3 N–H and O–H groups in total. The molecule has 0 saturated heterocycles. The van der Waals surface area contributed by atoms with Crippen molar-refractivity contribution < 1.29 is 28.7 Å². The van der Waals surface area contributed by atoms with E-state index in [-0.39, 0.29) is 18.1 Å². The maximum atomic E-state index is 12.8. The van der Waals surface area contributed by atoms with Crippen molar-refractivity contribution in [2.24, 2.45) is 0 Å². The molecular weight excluding hydrogens is 331 g/mol. The lowest BCUT2D eigenvalue weighted by Gasteiger charge is -2.31. The Morgan fingerprint density at radius 3 is 2.84 bits per heavy atom. The lowest BCUT2D eigenvalue weighted by molar-refractivity contribution is -0.0278. The standard InChI is InChI=1S/C17H19FN2O5/c18-10-4-6-11(7-5-10)24-9-12-8-14(20-25-12)17(23)19-13-2-1-3-15(21)16(13)22/h4-8,13,15-16,21-22H,1-3,9H2,(H,19,23)/t13-,15-,16-/m1/s1. The molecule has 0 radical (unpaired) electrons. The first-order valence-electron chi connectivity index (χ1n) is 8.04. The van der Waals surface area contributed by atoms with Gasteiger partial charge < -0.3 is 24.8 Å². The largest absolute Gasteiger partial charge is 0.486 e. The first-order valence-corrected chi connectivity index (χ1v) is 8.04. The van der Waals surface area contributed by atoms with Crippen LogP contribution in [0.4, 0.5) is 4.39 Å². The van der Waals surface area contributed by atoms with Crippen LogP contribution < -0.4 is 10.1 Å². The van der Waals surface area contributed by atoms with Crippen molar-refractivity contribution in [3.63, 3.8) is 0 Å². The van der Waals surface area contributed by atoms with Gasteiger partial charge in [-0.25, -0.2) is 4.39 Å². The van der Waals surface area contributed by atoms with E-state index in [1.54, 1.807) is 0 Å². The fourth-order valence-corrected chi connectivity index (χ4v) is 2.73. The Labute approximate surface area is 143 Å². The van der Waals surface area contributed by atoms with Crippen molar-refractivity contribution in [2.75, 3.05) is 0 Å². The average Bonchev–Trinajstić information content (AvgIpc) is 3.08. The van der Waals surface area contributed by atoms with Crippen LogP contribution in [-0.4, -0.2) is 39.5 Å². The summed E-state index contributed by atoms with van der Waals surface area (Å²) in [6.07, 6.45) is -0.00868. The quantitative estimate of drug-likeness (QED) is 0.753. The van der Waals surface area contributed by atoms with Crippen LogP contribution in [-0.2, 0) is 6.61 Å². The molecule has 1 fully saturated rings. The van der Waals surface area contributed by atoms with Crippen LogP contribution in [0, 0.1) is 5.82 Å². The smallest absolute Gasteiger partial charge is 0.273 e. The Kier molecular flexibility index (Phi) is 5.30. The van der Waals surface area contributed by atoms with Crippen LogP contribution >= 0.6 is 0 Å². The molecule has 1 saturated carbocycles. The number of ether oxygens (including phenoxy) is 1. The molecule has 1 aromatic carbocycles.